The van der Waals surface area contributed by atoms with Crippen molar-refractivity contribution in [3.05, 3.63) is 125 Å². The third-order valence-electron chi connectivity index (χ3n) is 5.81. The van der Waals surface area contributed by atoms with Gasteiger partial charge in [-0.1, -0.05) is 72.8 Å². The van der Waals surface area contributed by atoms with E-state index in [0.717, 1.165) is 0 Å². The Balaban J connectivity index is 1.34. The Kier molecular flexibility index (Phi) is 6.65. The lowest BCUT2D eigenvalue weighted by molar-refractivity contribution is -0.136. The summed E-state index contributed by atoms with van der Waals surface area (Å²) in [5.74, 6) is -0.0617. The number of ether oxygens (including phenoxy) is 3. The quantitative estimate of drug-likeness (QED) is 0.174. The topological polar surface area (TPSA) is 106 Å². The zero-order valence-electron chi connectivity index (χ0n) is 19.5. The summed E-state index contributed by atoms with van der Waals surface area (Å²) in [5, 5.41) is 15.5. The van der Waals surface area contributed by atoms with Crippen molar-refractivity contribution in [3.8, 4) is 17.2 Å². The minimum Gasteiger partial charge on any atom is -0.454 e. The first-order chi connectivity index (χ1) is 18.1. The summed E-state index contributed by atoms with van der Waals surface area (Å²) in [6, 6.07) is 28.7. The number of para-hydroxylation sites is 1. The van der Waals surface area contributed by atoms with E-state index < -0.39 is 17.5 Å². The summed E-state index contributed by atoms with van der Waals surface area (Å²) in [4.78, 5) is 25.9. The number of nitrogens with one attached hydrogen (secondary N) is 1. The fourth-order valence-electron chi connectivity index (χ4n) is 3.89. The number of hydrazone groups is 1. The molecule has 0 aromatic heterocycles. The van der Waals surface area contributed by atoms with Crippen LogP contribution in [0.2, 0.25) is 0 Å². The zero-order valence-corrected chi connectivity index (χ0v) is 19.5. The number of hydrogen-bond acceptors (Lipinski definition) is 7. The smallest absolute Gasteiger partial charge is 0.343 e. The van der Waals surface area contributed by atoms with Crippen LogP contribution in [0.25, 0.3) is 0 Å². The van der Waals surface area contributed by atoms with Gasteiger partial charge in [-0.2, -0.15) is 5.10 Å². The van der Waals surface area contributed by atoms with Gasteiger partial charge in [0, 0.05) is 5.56 Å². The second-order valence-corrected chi connectivity index (χ2v) is 8.14. The molecule has 0 fully saturated rings. The largest absolute Gasteiger partial charge is 0.454 e. The molecule has 1 aliphatic heterocycles. The molecule has 37 heavy (non-hydrogen) atoms. The minimum absolute atomic E-state index is 0.0997. The molecular formula is C29H22N2O6. The van der Waals surface area contributed by atoms with E-state index in [1.54, 1.807) is 103 Å². The van der Waals surface area contributed by atoms with Crippen molar-refractivity contribution in [2.45, 2.75) is 5.60 Å². The second kappa shape index (κ2) is 10.3. The molecule has 0 atom stereocenters. The molecule has 0 radical (unpaired) electrons. The van der Waals surface area contributed by atoms with Crippen LogP contribution in [0.3, 0.4) is 0 Å². The Morgan fingerprint density at radius 2 is 1.46 bits per heavy atom. The van der Waals surface area contributed by atoms with Crippen molar-refractivity contribution in [2.75, 3.05) is 6.79 Å². The van der Waals surface area contributed by atoms with Gasteiger partial charge in [0.1, 0.15) is 5.75 Å². The molecule has 2 N–H and O–H groups in total. The molecule has 0 spiro atoms. The standard InChI is InChI=1S/C29H22N2O6/c32-27(20-15-16-25-26(17-20)36-19-35-25)37-24-14-8-7-9-21(24)18-30-31-28(33)29(34,22-10-3-1-4-11-22)23-12-5-2-6-13-23/h1-18,34H,19H2,(H,31,33)/b30-18+. The average molecular weight is 495 g/mol. The molecule has 8 nitrogen and oxygen atoms in total. The van der Waals surface area contributed by atoms with Crippen molar-refractivity contribution in [1.29, 1.82) is 0 Å². The van der Waals surface area contributed by atoms with Gasteiger partial charge in [-0.25, -0.2) is 10.2 Å². The van der Waals surface area contributed by atoms with E-state index in [4.69, 9.17) is 14.2 Å². The first-order valence-electron chi connectivity index (χ1n) is 11.4. The summed E-state index contributed by atoms with van der Waals surface area (Å²) in [6.07, 6.45) is 1.34. The highest BCUT2D eigenvalue weighted by Gasteiger charge is 2.39. The lowest BCUT2D eigenvalue weighted by Crippen LogP contribution is -2.43. The van der Waals surface area contributed by atoms with E-state index in [1.165, 1.54) is 6.21 Å². The first-order valence-corrected chi connectivity index (χ1v) is 11.4. The van der Waals surface area contributed by atoms with E-state index in [2.05, 4.69) is 10.5 Å². The SMILES string of the molecule is O=C(Oc1ccccc1/C=N/NC(=O)C(O)(c1ccccc1)c1ccccc1)c1ccc2c(c1)OCO2. The molecule has 0 aliphatic carbocycles. The zero-order chi connectivity index (χ0) is 25.7. The van der Waals surface area contributed by atoms with E-state index >= 15 is 0 Å². The van der Waals surface area contributed by atoms with Gasteiger partial charge in [0.25, 0.3) is 5.91 Å². The number of carbonyl (C=O) groups excluding carboxylic acids is 2. The van der Waals surface area contributed by atoms with Crippen LogP contribution < -0.4 is 19.6 Å². The van der Waals surface area contributed by atoms with Gasteiger partial charge in [-0.3, -0.25) is 4.79 Å². The normalized spacial score (nSPS) is 12.4. The third kappa shape index (κ3) is 4.91. The molecule has 8 heteroatoms. The lowest BCUT2D eigenvalue weighted by Gasteiger charge is -2.27. The van der Waals surface area contributed by atoms with Crippen molar-refractivity contribution in [3.63, 3.8) is 0 Å². The number of carbonyl (C=O) groups is 2. The van der Waals surface area contributed by atoms with E-state index in [9.17, 15) is 14.7 Å². The number of esters is 1. The van der Waals surface area contributed by atoms with Crippen LogP contribution in [-0.4, -0.2) is 30.0 Å². The maximum atomic E-state index is 13.2. The number of hydrogen-bond donors (Lipinski definition) is 2. The van der Waals surface area contributed by atoms with Crippen LogP contribution in [0, 0.1) is 0 Å². The van der Waals surface area contributed by atoms with Crippen LogP contribution >= 0.6 is 0 Å². The molecule has 1 amide bonds. The molecule has 4 aromatic rings. The van der Waals surface area contributed by atoms with Gasteiger partial charge in [0.05, 0.1) is 11.8 Å². The second-order valence-electron chi connectivity index (χ2n) is 8.14. The van der Waals surface area contributed by atoms with Gasteiger partial charge in [0.2, 0.25) is 6.79 Å². The first kappa shape index (κ1) is 23.8. The predicted molar refractivity (Wildman–Crippen MR) is 136 cm³/mol. The van der Waals surface area contributed by atoms with E-state index in [0.29, 0.717) is 33.8 Å². The molecule has 184 valence electrons. The van der Waals surface area contributed by atoms with Crippen LogP contribution in [0.15, 0.2) is 108 Å². The lowest BCUT2D eigenvalue weighted by atomic mass is 9.85. The number of nitrogens with zero attached hydrogens (tertiary/aromatic N) is 1. The highest BCUT2D eigenvalue weighted by atomic mass is 16.7. The monoisotopic (exact) mass is 494 g/mol. The predicted octanol–water partition coefficient (Wildman–Crippen LogP) is 4.02. The fraction of sp³-hybridized carbons (Fsp3) is 0.0690. The maximum Gasteiger partial charge on any atom is 0.343 e. The molecular weight excluding hydrogens is 472 g/mol. The molecule has 1 heterocycles. The van der Waals surface area contributed by atoms with Crippen molar-refractivity contribution >= 4 is 18.1 Å². The Bertz CT molecular complexity index is 1410. The fourth-order valence-corrected chi connectivity index (χ4v) is 3.89. The van der Waals surface area contributed by atoms with Crippen molar-refractivity contribution in [1.82, 2.24) is 5.43 Å². The van der Waals surface area contributed by atoms with Crippen LogP contribution in [0.1, 0.15) is 27.0 Å². The van der Waals surface area contributed by atoms with Gasteiger partial charge >= 0.3 is 5.97 Å². The van der Waals surface area contributed by atoms with Gasteiger partial charge < -0.3 is 19.3 Å². The van der Waals surface area contributed by atoms with E-state index in [-0.39, 0.29) is 12.5 Å². The molecule has 0 unspecified atom stereocenters. The Morgan fingerprint density at radius 1 is 0.838 bits per heavy atom. The van der Waals surface area contributed by atoms with Crippen molar-refractivity contribution in [2.24, 2.45) is 5.10 Å². The number of rotatable bonds is 7. The molecule has 4 aromatic carbocycles. The Morgan fingerprint density at radius 3 is 2.16 bits per heavy atom. The van der Waals surface area contributed by atoms with Crippen LogP contribution in [-0.2, 0) is 10.4 Å². The highest BCUT2D eigenvalue weighted by molar-refractivity contribution is 5.94. The average Bonchev–Trinajstić information content (AvgIpc) is 3.42. The molecule has 5 rings (SSSR count). The minimum atomic E-state index is -1.97. The van der Waals surface area contributed by atoms with Crippen molar-refractivity contribution < 1.29 is 28.9 Å². The van der Waals surface area contributed by atoms with Gasteiger partial charge in [-0.05, 0) is 41.5 Å². The summed E-state index contributed by atoms with van der Waals surface area (Å²) in [7, 11) is 0. The van der Waals surface area contributed by atoms with Gasteiger partial charge in [-0.15, -0.1) is 0 Å². The summed E-state index contributed by atoms with van der Waals surface area (Å²) in [6.45, 7) is 0.0997. The maximum absolute atomic E-state index is 13.2. The molecule has 0 saturated heterocycles. The summed E-state index contributed by atoms with van der Waals surface area (Å²) < 4.78 is 16.2. The highest BCUT2D eigenvalue weighted by Crippen LogP contribution is 2.33. The number of benzene rings is 4. The summed E-state index contributed by atoms with van der Waals surface area (Å²) in [5.41, 5.74) is 1.98. The number of fused-ring (bicyclic) bond motifs is 1. The summed E-state index contributed by atoms with van der Waals surface area (Å²) >= 11 is 0. The third-order valence-corrected chi connectivity index (χ3v) is 5.81. The molecule has 0 saturated carbocycles. The number of amides is 1. The van der Waals surface area contributed by atoms with Gasteiger partial charge in [0.15, 0.2) is 17.1 Å². The van der Waals surface area contributed by atoms with E-state index in [1.807, 2.05) is 0 Å². The van der Waals surface area contributed by atoms with Crippen LogP contribution in [0.4, 0.5) is 0 Å². The molecule has 1 aliphatic rings. The molecule has 0 bridgehead atoms. The van der Waals surface area contributed by atoms with Crippen LogP contribution in [0.5, 0.6) is 17.2 Å². The Labute approximate surface area is 212 Å². The number of aliphatic hydroxyl groups is 1. The Hall–Kier alpha value is -4.95.